The Kier molecular flexibility index (Phi) is 3.16. The molecule has 82 valence electrons. The lowest BCUT2D eigenvalue weighted by Gasteiger charge is -2.21. The van der Waals surface area contributed by atoms with Crippen molar-refractivity contribution in [2.75, 3.05) is 0 Å². The van der Waals surface area contributed by atoms with Crippen molar-refractivity contribution in [3.63, 3.8) is 0 Å². The van der Waals surface area contributed by atoms with E-state index in [0.29, 0.717) is 11.6 Å². The Morgan fingerprint density at radius 1 is 1.25 bits per heavy atom. The van der Waals surface area contributed by atoms with Crippen LogP contribution in [-0.2, 0) is 6.54 Å². The van der Waals surface area contributed by atoms with Gasteiger partial charge in [-0.1, -0.05) is 24.5 Å². The molecule has 0 aliphatic heterocycles. The van der Waals surface area contributed by atoms with Gasteiger partial charge in [0.2, 0.25) is 0 Å². The summed E-state index contributed by atoms with van der Waals surface area (Å²) >= 11 is 0. The molecule has 1 fully saturated rings. The molecular weight excluding hydrogens is 202 g/mol. The van der Waals surface area contributed by atoms with Crippen LogP contribution in [0.2, 0.25) is 0 Å². The summed E-state index contributed by atoms with van der Waals surface area (Å²) in [6.07, 6.45) is 5.79. The third-order valence-corrected chi connectivity index (χ3v) is 3.09. The van der Waals surface area contributed by atoms with Gasteiger partial charge in [0.15, 0.2) is 5.69 Å². The van der Waals surface area contributed by atoms with Crippen molar-refractivity contribution >= 4 is 0 Å². The zero-order valence-electron chi connectivity index (χ0n) is 9.06. The smallest absolute Gasteiger partial charge is 0.186 e. The zero-order chi connectivity index (χ0) is 11.4. The van der Waals surface area contributed by atoms with Crippen LogP contribution in [0.15, 0.2) is 0 Å². The van der Waals surface area contributed by atoms with Crippen molar-refractivity contribution in [3.05, 3.63) is 11.4 Å². The molecule has 0 aromatic carbocycles. The highest BCUT2D eigenvalue weighted by Crippen LogP contribution is 2.33. The van der Waals surface area contributed by atoms with Crippen molar-refractivity contribution in [1.82, 2.24) is 15.0 Å². The highest BCUT2D eigenvalue weighted by atomic mass is 15.4. The van der Waals surface area contributed by atoms with Crippen molar-refractivity contribution < 1.29 is 0 Å². The fraction of sp³-hybridized carbons (Fsp3) is 0.636. The summed E-state index contributed by atoms with van der Waals surface area (Å²) in [6, 6.07) is 4.12. The summed E-state index contributed by atoms with van der Waals surface area (Å²) in [5, 5.41) is 25.4. The van der Waals surface area contributed by atoms with E-state index in [2.05, 4.69) is 22.5 Å². The maximum absolute atomic E-state index is 8.98. The Morgan fingerprint density at radius 3 is 2.62 bits per heavy atom. The molecule has 5 nitrogen and oxygen atoms in total. The third kappa shape index (κ3) is 1.90. The van der Waals surface area contributed by atoms with Gasteiger partial charge in [0.25, 0.3) is 0 Å². The van der Waals surface area contributed by atoms with Crippen LogP contribution in [-0.4, -0.2) is 15.0 Å². The van der Waals surface area contributed by atoms with E-state index in [0.717, 1.165) is 18.5 Å². The van der Waals surface area contributed by atoms with Crippen LogP contribution in [0.4, 0.5) is 0 Å². The Hall–Kier alpha value is -1.88. The minimum Gasteiger partial charge on any atom is -0.234 e. The van der Waals surface area contributed by atoms with Crippen molar-refractivity contribution in [2.45, 2.75) is 44.6 Å². The lowest BCUT2D eigenvalue weighted by atomic mass is 9.86. The lowest BCUT2D eigenvalue weighted by molar-refractivity contribution is 0.420. The first-order chi connectivity index (χ1) is 7.86. The Labute approximate surface area is 94.3 Å². The van der Waals surface area contributed by atoms with E-state index in [9.17, 15) is 0 Å². The highest BCUT2D eigenvalue weighted by molar-refractivity contribution is 5.28. The SMILES string of the molecule is N#CCn1nnc(C#N)c1C1CCCCC1. The molecule has 0 unspecified atom stereocenters. The Bertz CT molecular complexity index is 442. The summed E-state index contributed by atoms with van der Waals surface area (Å²) in [4.78, 5) is 0. The molecule has 5 heteroatoms. The van der Waals surface area contributed by atoms with Crippen molar-refractivity contribution in [3.8, 4) is 12.1 Å². The van der Waals surface area contributed by atoms with Crippen LogP contribution in [0.5, 0.6) is 0 Å². The van der Waals surface area contributed by atoms with Crippen molar-refractivity contribution in [1.29, 1.82) is 10.5 Å². The van der Waals surface area contributed by atoms with Gasteiger partial charge >= 0.3 is 0 Å². The first-order valence-electron chi connectivity index (χ1n) is 5.57. The van der Waals surface area contributed by atoms with E-state index in [1.54, 1.807) is 4.68 Å². The van der Waals surface area contributed by atoms with Gasteiger partial charge in [-0.15, -0.1) is 5.10 Å². The topological polar surface area (TPSA) is 78.3 Å². The molecule has 0 bridgehead atoms. The van der Waals surface area contributed by atoms with E-state index in [4.69, 9.17) is 10.5 Å². The fourth-order valence-electron chi connectivity index (χ4n) is 2.36. The summed E-state index contributed by atoms with van der Waals surface area (Å²) < 4.78 is 1.58. The van der Waals surface area contributed by atoms with Gasteiger partial charge in [-0.25, -0.2) is 4.68 Å². The second-order valence-electron chi connectivity index (χ2n) is 4.09. The average Bonchev–Trinajstić information content (AvgIpc) is 2.74. The normalized spacial score (nSPS) is 16.6. The zero-order valence-corrected chi connectivity index (χ0v) is 9.06. The molecule has 0 amide bonds. The highest BCUT2D eigenvalue weighted by Gasteiger charge is 2.24. The molecule has 16 heavy (non-hydrogen) atoms. The summed E-state index contributed by atoms with van der Waals surface area (Å²) in [7, 11) is 0. The molecule has 1 aromatic heterocycles. The Balaban J connectivity index is 2.32. The molecule has 0 radical (unpaired) electrons. The van der Waals surface area contributed by atoms with Gasteiger partial charge in [0, 0.05) is 5.92 Å². The first kappa shape index (κ1) is 10.6. The molecule has 0 N–H and O–H groups in total. The van der Waals surface area contributed by atoms with E-state index in [-0.39, 0.29) is 6.54 Å². The number of hydrogen-bond acceptors (Lipinski definition) is 4. The molecule has 2 rings (SSSR count). The van der Waals surface area contributed by atoms with Crippen LogP contribution in [0.25, 0.3) is 0 Å². The second-order valence-corrected chi connectivity index (χ2v) is 4.09. The largest absolute Gasteiger partial charge is 0.234 e. The molecule has 1 aliphatic carbocycles. The molecule has 1 aromatic rings. The molecule has 0 saturated heterocycles. The summed E-state index contributed by atoms with van der Waals surface area (Å²) in [5.41, 5.74) is 1.26. The monoisotopic (exact) mass is 215 g/mol. The maximum atomic E-state index is 8.98. The van der Waals surface area contributed by atoms with Crippen LogP contribution >= 0.6 is 0 Å². The van der Waals surface area contributed by atoms with Gasteiger partial charge in [-0.2, -0.15) is 10.5 Å². The average molecular weight is 215 g/mol. The molecule has 0 spiro atoms. The van der Waals surface area contributed by atoms with Gasteiger partial charge < -0.3 is 0 Å². The molecule has 1 heterocycles. The standard InChI is InChI=1S/C11H13N5/c12-6-7-16-11(10(8-13)14-15-16)9-4-2-1-3-5-9/h9H,1-5,7H2. The molecular formula is C11H13N5. The molecule has 0 atom stereocenters. The van der Waals surface area contributed by atoms with Crippen LogP contribution in [0.1, 0.15) is 49.4 Å². The number of nitriles is 2. The van der Waals surface area contributed by atoms with Gasteiger partial charge in [-0.05, 0) is 12.8 Å². The minimum atomic E-state index is 0.181. The van der Waals surface area contributed by atoms with E-state index in [1.165, 1.54) is 19.3 Å². The van der Waals surface area contributed by atoms with Gasteiger partial charge in [0.1, 0.15) is 12.6 Å². The molecule has 1 saturated carbocycles. The van der Waals surface area contributed by atoms with Gasteiger partial charge in [0.05, 0.1) is 11.8 Å². The van der Waals surface area contributed by atoms with Crippen LogP contribution < -0.4 is 0 Å². The summed E-state index contributed by atoms with van der Waals surface area (Å²) in [6.45, 7) is 0.181. The number of aromatic nitrogens is 3. The van der Waals surface area contributed by atoms with E-state index < -0.39 is 0 Å². The second kappa shape index (κ2) is 4.76. The maximum Gasteiger partial charge on any atom is 0.186 e. The van der Waals surface area contributed by atoms with Gasteiger partial charge in [-0.3, -0.25) is 0 Å². The lowest BCUT2D eigenvalue weighted by Crippen LogP contribution is -2.13. The van der Waals surface area contributed by atoms with Crippen molar-refractivity contribution in [2.24, 2.45) is 0 Å². The van der Waals surface area contributed by atoms with Crippen LogP contribution in [0.3, 0.4) is 0 Å². The summed E-state index contributed by atoms with van der Waals surface area (Å²) in [5.74, 6) is 0.353. The third-order valence-electron chi connectivity index (χ3n) is 3.09. The van der Waals surface area contributed by atoms with E-state index in [1.807, 2.05) is 0 Å². The fourth-order valence-corrected chi connectivity index (χ4v) is 2.36. The molecule has 1 aliphatic rings. The predicted octanol–water partition coefficient (Wildman–Crippen LogP) is 1.72. The number of hydrogen-bond donors (Lipinski definition) is 0. The number of nitrogens with zero attached hydrogens (tertiary/aromatic N) is 5. The minimum absolute atomic E-state index is 0.181. The number of rotatable bonds is 2. The first-order valence-corrected chi connectivity index (χ1v) is 5.57. The van der Waals surface area contributed by atoms with Crippen LogP contribution in [0, 0.1) is 22.7 Å². The van der Waals surface area contributed by atoms with E-state index >= 15 is 0 Å². The Morgan fingerprint density at radius 2 is 2.00 bits per heavy atom. The predicted molar refractivity (Wildman–Crippen MR) is 56.2 cm³/mol. The quantitative estimate of drug-likeness (QED) is 0.752.